The molecule has 0 radical (unpaired) electrons. The molecule has 0 bridgehead atoms. The lowest BCUT2D eigenvalue weighted by Crippen LogP contribution is -2.28. The monoisotopic (exact) mass is 303 g/mol. The lowest BCUT2D eigenvalue weighted by molar-refractivity contribution is 0.0940. The number of carbonyl (C=O) groups is 1. The molecule has 1 atom stereocenters. The molecule has 4 nitrogen and oxygen atoms in total. The number of hydrazine groups is 1. The number of aryl methyl sites for hydroxylation is 1. The summed E-state index contributed by atoms with van der Waals surface area (Å²) >= 11 is 5.95. The van der Waals surface area contributed by atoms with Crippen LogP contribution in [-0.2, 0) is 0 Å². The number of nitrogen functional groups attached to an aromatic ring is 1. The predicted molar refractivity (Wildman–Crippen MR) is 86.3 cm³/mol. The second-order valence-corrected chi connectivity index (χ2v) is 5.32. The highest BCUT2D eigenvalue weighted by Gasteiger charge is 2.16. The van der Waals surface area contributed by atoms with Gasteiger partial charge in [-0.25, -0.2) is 0 Å². The zero-order chi connectivity index (χ0) is 15.4. The van der Waals surface area contributed by atoms with Crippen LogP contribution in [0.5, 0.6) is 0 Å². The van der Waals surface area contributed by atoms with Gasteiger partial charge in [0.25, 0.3) is 5.91 Å². The van der Waals surface area contributed by atoms with Gasteiger partial charge in [-0.2, -0.15) is 0 Å². The van der Waals surface area contributed by atoms with E-state index in [1.165, 1.54) is 0 Å². The highest BCUT2D eigenvalue weighted by Crippen LogP contribution is 2.22. The van der Waals surface area contributed by atoms with Crippen LogP contribution in [0, 0.1) is 6.92 Å². The molecule has 0 aliphatic heterocycles. The van der Waals surface area contributed by atoms with E-state index in [1.807, 2.05) is 38.1 Å². The summed E-state index contributed by atoms with van der Waals surface area (Å²) in [6.07, 6.45) is 0. The second kappa shape index (κ2) is 6.61. The minimum absolute atomic E-state index is 0.108. The molecular formula is C16H18ClN3O. The summed E-state index contributed by atoms with van der Waals surface area (Å²) in [5.41, 5.74) is 5.68. The highest BCUT2D eigenvalue weighted by atomic mass is 35.5. The zero-order valence-electron chi connectivity index (χ0n) is 12.0. The Morgan fingerprint density at radius 2 is 1.95 bits per heavy atom. The maximum Gasteiger partial charge on any atom is 0.253 e. The molecular weight excluding hydrogens is 286 g/mol. The van der Waals surface area contributed by atoms with Gasteiger partial charge in [0.15, 0.2) is 0 Å². The number of carbonyl (C=O) groups excluding carboxylic acids is 1. The van der Waals surface area contributed by atoms with Crippen molar-refractivity contribution in [1.82, 2.24) is 5.32 Å². The van der Waals surface area contributed by atoms with E-state index in [9.17, 15) is 4.79 Å². The molecule has 21 heavy (non-hydrogen) atoms. The Hall–Kier alpha value is -2.04. The Morgan fingerprint density at radius 3 is 2.62 bits per heavy atom. The van der Waals surface area contributed by atoms with Crippen LogP contribution in [-0.4, -0.2) is 5.91 Å². The molecule has 0 heterocycles. The second-order valence-electron chi connectivity index (χ2n) is 4.89. The third-order valence-electron chi connectivity index (χ3n) is 3.38. The summed E-state index contributed by atoms with van der Waals surface area (Å²) in [5.74, 6) is 5.21. The molecule has 2 aromatic carbocycles. The predicted octanol–water partition coefficient (Wildman–Crippen LogP) is 3.43. The molecule has 0 saturated carbocycles. The Kier molecular flexibility index (Phi) is 4.83. The van der Waals surface area contributed by atoms with Gasteiger partial charge in [0, 0.05) is 5.02 Å². The number of benzene rings is 2. The van der Waals surface area contributed by atoms with Crippen molar-refractivity contribution in [3.05, 3.63) is 64.2 Å². The van der Waals surface area contributed by atoms with Crippen LogP contribution in [0.15, 0.2) is 42.5 Å². The first-order chi connectivity index (χ1) is 10.0. The highest BCUT2D eigenvalue weighted by molar-refractivity contribution is 6.31. The van der Waals surface area contributed by atoms with E-state index in [1.54, 1.807) is 18.2 Å². The average Bonchev–Trinajstić information content (AvgIpc) is 2.47. The molecule has 2 aromatic rings. The van der Waals surface area contributed by atoms with Crippen LogP contribution < -0.4 is 16.6 Å². The van der Waals surface area contributed by atoms with Crippen molar-refractivity contribution in [1.29, 1.82) is 0 Å². The number of rotatable bonds is 4. The van der Waals surface area contributed by atoms with Crippen LogP contribution in [0.1, 0.15) is 34.5 Å². The van der Waals surface area contributed by atoms with Crippen molar-refractivity contribution in [2.45, 2.75) is 19.9 Å². The molecule has 1 unspecified atom stereocenters. The van der Waals surface area contributed by atoms with E-state index in [0.717, 1.165) is 11.1 Å². The number of halogens is 1. The minimum atomic E-state index is -0.221. The van der Waals surface area contributed by atoms with Crippen molar-refractivity contribution >= 4 is 23.2 Å². The smallest absolute Gasteiger partial charge is 0.253 e. The maximum absolute atomic E-state index is 12.4. The van der Waals surface area contributed by atoms with Gasteiger partial charge in [-0.15, -0.1) is 0 Å². The third-order valence-corrected chi connectivity index (χ3v) is 3.62. The van der Waals surface area contributed by atoms with E-state index in [4.69, 9.17) is 17.4 Å². The fourth-order valence-electron chi connectivity index (χ4n) is 2.25. The Labute approximate surface area is 129 Å². The van der Waals surface area contributed by atoms with Gasteiger partial charge in [-0.1, -0.05) is 35.9 Å². The van der Waals surface area contributed by atoms with Crippen LogP contribution in [0.4, 0.5) is 5.69 Å². The summed E-state index contributed by atoms with van der Waals surface area (Å²) in [7, 11) is 0. The lowest BCUT2D eigenvalue weighted by Gasteiger charge is -2.18. The maximum atomic E-state index is 12.4. The number of amides is 1. The largest absolute Gasteiger partial charge is 0.345 e. The van der Waals surface area contributed by atoms with Gasteiger partial charge in [0.05, 0.1) is 17.3 Å². The van der Waals surface area contributed by atoms with Crippen molar-refractivity contribution < 1.29 is 4.79 Å². The van der Waals surface area contributed by atoms with Gasteiger partial charge >= 0.3 is 0 Å². The molecule has 1 amide bonds. The normalized spacial score (nSPS) is 11.8. The zero-order valence-corrected chi connectivity index (χ0v) is 12.7. The summed E-state index contributed by atoms with van der Waals surface area (Å²) in [6, 6.07) is 12.8. The fraction of sp³-hybridized carbons (Fsp3) is 0.188. The van der Waals surface area contributed by atoms with Gasteiger partial charge in [-0.3, -0.25) is 10.6 Å². The Bertz CT molecular complexity index is 658. The van der Waals surface area contributed by atoms with Gasteiger partial charge in [-0.05, 0) is 43.2 Å². The molecule has 0 spiro atoms. The van der Waals surface area contributed by atoms with Crippen LogP contribution in [0.25, 0.3) is 0 Å². The molecule has 110 valence electrons. The lowest BCUT2D eigenvalue weighted by atomic mass is 10.0. The fourth-order valence-corrected chi connectivity index (χ4v) is 2.43. The van der Waals surface area contributed by atoms with Crippen LogP contribution >= 0.6 is 11.6 Å². The molecule has 2 rings (SSSR count). The number of nitrogens with one attached hydrogen (secondary N) is 2. The summed E-state index contributed by atoms with van der Waals surface area (Å²) in [4.78, 5) is 12.4. The molecule has 0 aromatic heterocycles. The summed E-state index contributed by atoms with van der Waals surface area (Å²) < 4.78 is 0. The first-order valence-electron chi connectivity index (χ1n) is 6.65. The van der Waals surface area contributed by atoms with Crippen molar-refractivity contribution in [2.75, 3.05) is 5.43 Å². The molecule has 0 saturated heterocycles. The van der Waals surface area contributed by atoms with Gasteiger partial charge < -0.3 is 10.7 Å². The van der Waals surface area contributed by atoms with Crippen LogP contribution in [0.3, 0.4) is 0 Å². The number of nitrogens with two attached hydrogens (primary N) is 1. The SMILES string of the molecule is Cc1ccccc1C(C)NC(=O)c1cc(Cl)ccc1NN. The van der Waals surface area contributed by atoms with E-state index in [0.29, 0.717) is 16.3 Å². The molecule has 5 heteroatoms. The van der Waals surface area contributed by atoms with Crippen molar-refractivity contribution in [3.8, 4) is 0 Å². The standard InChI is InChI=1S/C16H18ClN3O/c1-10-5-3-4-6-13(10)11(2)19-16(21)14-9-12(17)7-8-15(14)20-18/h3-9,11,20H,18H2,1-2H3,(H,19,21). The van der Waals surface area contributed by atoms with Crippen molar-refractivity contribution in [3.63, 3.8) is 0 Å². The van der Waals surface area contributed by atoms with E-state index >= 15 is 0 Å². The molecule has 0 aliphatic rings. The average molecular weight is 304 g/mol. The summed E-state index contributed by atoms with van der Waals surface area (Å²) in [6.45, 7) is 3.96. The Morgan fingerprint density at radius 1 is 1.24 bits per heavy atom. The van der Waals surface area contributed by atoms with E-state index in [-0.39, 0.29) is 11.9 Å². The van der Waals surface area contributed by atoms with E-state index in [2.05, 4.69) is 10.7 Å². The first kappa shape index (κ1) is 15.4. The molecule has 0 fully saturated rings. The van der Waals surface area contributed by atoms with E-state index < -0.39 is 0 Å². The van der Waals surface area contributed by atoms with Gasteiger partial charge in [0.2, 0.25) is 0 Å². The quantitative estimate of drug-likeness (QED) is 0.599. The molecule has 0 aliphatic carbocycles. The summed E-state index contributed by atoms with van der Waals surface area (Å²) in [5, 5.41) is 3.45. The van der Waals surface area contributed by atoms with Crippen LogP contribution in [0.2, 0.25) is 5.02 Å². The number of hydrogen-bond donors (Lipinski definition) is 3. The Balaban J connectivity index is 2.22. The van der Waals surface area contributed by atoms with Crippen molar-refractivity contribution in [2.24, 2.45) is 5.84 Å². The molecule has 4 N–H and O–H groups in total. The number of hydrogen-bond acceptors (Lipinski definition) is 3. The van der Waals surface area contributed by atoms with Gasteiger partial charge in [0.1, 0.15) is 0 Å². The minimum Gasteiger partial charge on any atom is -0.345 e. The third kappa shape index (κ3) is 3.54. The topological polar surface area (TPSA) is 67.2 Å². The first-order valence-corrected chi connectivity index (χ1v) is 7.03. The number of anilines is 1.